The van der Waals surface area contributed by atoms with Crippen LogP contribution in [0, 0.1) is 13.8 Å². The number of benzene rings is 1. The minimum atomic E-state index is -0.889. The molecule has 1 aliphatic rings. The summed E-state index contributed by atoms with van der Waals surface area (Å²) < 4.78 is 0. The van der Waals surface area contributed by atoms with Crippen LogP contribution in [0.3, 0.4) is 0 Å². The molecule has 0 heterocycles. The molecule has 0 aliphatic heterocycles. The second kappa shape index (κ2) is 4.63. The summed E-state index contributed by atoms with van der Waals surface area (Å²) >= 11 is 0. The summed E-state index contributed by atoms with van der Waals surface area (Å²) in [7, 11) is 0. The molecule has 0 amide bonds. The Labute approximate surface area is 107 Å². The Bertz CT molecular complexity index is 448. The monoisotopic (exact) mass is 248 g/mol. The van der Waals surface area contributed by atoms with Crippen molar-refractivity contribution in [2.24, 2.45) is 0 Å². The number of rotatable bonds is 2. The van der Waals surface area contributed by atoms with Crippen molar-refractivity contribution in [2.75, 3.05) is 0 Å². The molecular formula is C15H20O3. The summed E-state index contributed by atoms with van der Waals surface area (Å²) in [4.78, 5) is 11.8. The van der Waals surface area contributed by atoms with E-state index in [1.54, 1.807) is 6.07 Å². The standard InChI is InChI=1S/C15H20O3/c1-10-8-11(2)13(12(16)9-10)15(14(17)18)6-4-3-5-7-15/h8-9,16H,3-7H2,1-2H3,(H,17,18). The maximum Gasteiger partial charge on any atom is 0.314 e. The third-order valence-electron chi connectivity index (χ3n) is 4.05. The Balaban J connectivity index is 2.59. The number of phenols is 1. The Morgan fingerprint density at radius 1 is 1.17 bits per heavy atom. The molecule has 1 aromatic carbocycles. The number of carboxylic acid groups (broad SMARTS) is 1. The van der Waals surface area contributed by atoms with Gasteiger partial charge in [-0.05, 0) is 43.9 Å². The quantitative estimate of drug-likeness (QED) is 0.844. The van der Waals surface area contributed by atoms with Crippen molar-refractivity contribution in [3.63, 3.8) is 0 Å². The van der Waals surface area contributed by atoms with Crippen LogP contribution in [-0.4, -0.2) is 16.2 Å². The summed E-state index contributed by atoms with van der Waals surface area (Å²) in [5.74, 6) is -0.666. The molecule has 0 aromatic heterocycles. The highest BCUT2D eigenvalue weighted by atomic mass is 16.4. The number of carboxylic acids is 1. The van der Waals surface area contributed by atoms with E-state index in [2.05, 4.69) is 0 Å². The maximum atomic E-state index is 11.8. The van der Waals surface area contributed by atoms with Gasteiger partial charge in [-0.2, -0.15) is 0 Å². The summed E-state index contributed by atoms with van der Waals surface area (Å²) in [6, 6.07) is 3.62. The third-order valence-corrected chi connectivity index (χ3v) is 4.05. The lowest BCUT2D eigenvalue weighted by Crippen LogP contribution is -2.38. The highest BCUT2D eigenvalue weighted by Gasteiger charge is 2.44. The highest BCUT2D eigenvalue weighted by molar-refractivity contribution is 5.83. The van der Waals surface area contributed by atoms with E-state index in [0.29, 0.717) is 18.4 Å². The first-order valence-electron chi connectivity index (χ1n) is 6.51. The van der Waals surface area contributed by atoms with Crippen LogP contribution in [0.2, 0.25) is 0 Å². The minimum Gasteiger partial charge on any atom is -0.508 e. The lowest BCUT2D eigenvalue weighted by molar-refractivity contribution is -0.145. The summed E-state index contributed by atoms with van der Waals surface area (Å²) in [5, 5.41) is 19.8. The zero-order chi connectivity index (χ0) is 13.3. The van der Waals surface area contributed by atoms with Gasteiger partial charge < -0.3 is 10.2 Å². The molecule has 1 aliphatic carbocycles. The highest BCUT2D eigenvalue weighted by Crippen LogP contribution is 2.45. The third kappa shape index (κ3) is 1.98. The predicted molar refractivity (Wildman–Crippen MR) is 70.0 cm³/mol. The van der Waals surface area contributed by atoms with Crippen LogP contribution in [0.4, 0.5) is 0 Å². The molecule has 3 heteroatoms. The molecule has 2 rings (SSSR count). The Morgan fingerprint density at radius 3 is 2.28 bits per heavy atom. The molecule has 98 valence electrons. The van der Waals surface area contributed by atoms with Crippen molar-refractivity contribution < 1.29 is 15.0 Å². The average Bonchev–Trinajstić information content (AvgIpc) is 2.28. The first kappa shape index (κ1) is 12.9. The number of aliphatic carboxylic acids is 1. The van der Waals surface area contributed by atoms with Gasteiger partial charge in [0.05, 0.1) is 5.41 Å². The van der Waals surface area contributed by atoms with E-state index in [1.165, 1.54) is 0 Å². The Hall–Kier alpha value is -1.51. The molecular weight excluding hydrogens is 228 g/mol. The van der Waals surface area contributed by atoms with Gasteiger partial charge in [0.2, 0.25) is 0 Å². The summed E-state index contributed by atoms with van der Waals surface area (Å²) in [6.45, 7) is 3.80. The fourth-order valence-corrected chi connectivity index (χ4v) is 3.29. The van der Waals surface area contributed by atoms with Gasteiger partial charge in [0.15, 0.2) is 0 Å². The van der Waals surface area contributed by atoms with Gasteiger partial charge >= 0.3 is 5.97 Å². The van der Waals surface area contributed by atoms with Gasteiger partial charge in [0, 0.05) is 5.56 Å². The normalized spacial score (nSPS) is 18.6. The largest absolute Gasteiger partial charge is 0.508 e. The molecule has 18 heavy (non-hydrogen) atoms. The molecule has 0 radical (unpaired) electrons. The molecule has 0 unspecified atom stereocenters. The molecule has 1 saturated carbocycles. The summed E-state index contributed by atoms with van der Waals surface area (Å²) in [6.07, 6.45) is 4.17. The van der Waals surface area contributed by atoms with Gasteiger partial charge in [-0.1, -0.05) is 25.3 Å². The number of phenolic OH excluding ortho intramolecular Hbond substituents is 1. The van der Waals surface area contributed by atoms with Gasteiger partial charge in [0.1, 0.15) is 5.75 Å². The Morgan fingerprint density at radius 2 is 1.78 bits per heavy atom. The molecule has 2 N–H and O–H groups in total. The molecule has 1 fully saturated rings. The van der Waals surface area contributed by atoms with Crippen molar-refractivity contribution >= 4 is 5.97 Å². The van der Waals surface area contributed by atoms with Crippen molar-refractivity contribution in [3.05, 3.63) is 28.8 Å². The second-order valence-electron chi connectivity index (χ2n) is 5.42. The van der Waals surface area contributed by atoms with Crippen LogP contribution in [0.15, 0.2) is 12.1 Å². The van der Waals surface area contributed by atoms with E-state index in [0.717, 1.165) is 30.4 Å². The van der Waals surface area contributed by atoms with E-state index in [9.17, 15) is 15.0 Å². The SMILES string of the molecule is Cc1cc(C)c(C2(C(=O)O)CCCCC2)c(O)c1. The molecule has 0 saturated heterocycles. The molecule has 3 nitrogen and oxygen atoms in total. The van der Waals surface area contributed by atoms with Gasteiger partial charge in [-0.15, -0.1) is 0 Å². The van der Waals surface area contributed by atoms with Crippen molar-refractivity contribution in [2.45, 2.75) is 51.4 Å². The van der Waals surface area contributed by atoms with Crippen LogP contribution >= 0.6 is 0 Å². The molecule has 1 aromatic rings. The zero-order valence-corrected chi connectivity index (χ0v) is 11.0. The lowest BCUT2D eigenvalue weighted by Gasteiger charge is -2.35. The number of hydrogen-bond donors (Lipinski definition) is 2. The van der Waals surface area contributed by atoms with Gasteiger partial charge in [-0.25, -0.2) is 0 Å². The van der Waals surface area contributed by atoms with Crippen molar-refractivity contribution in [1.29, 1.82) is 0 Å². The van der Waals surface area contributed by atoms with E-state index >= 15 is 0 Å². The second-order valence-corrected chi connectivity index (χ2v) is 5.42. The molecule has 0 spiro atoms. The average molecular weight is 248 g/mol. The molecule has 0 bridgehead atoms. The van der Waals surface area contributed by atoms with Crippen LogP contribution in [0.25, 0.3) is 0 Å². The van der Waals surface area contributed by atoms with Gasteiger partial charge in [0.25, 0.3) is 0 Å². The number of carbonyl (C=O) groups is 1. The topological polar surface area (TPSA) is 57.5 Å². The smallest absolute Gasteiger partial charge is 0.314 e. The van der Waals surface area contributed by atoms with Crippen LogP contribution in [0.5, 0.6) is 5.75 Å². The lowest BCUT2D eigenvalue weighted by atomic mass is 9.67. The summed E-state index contributed by atoms with van der Waals surface area (Å²) in [5.41, 5.74) is 1.59. The number of aromatic hydroxyl groups is 1. The van der Waals surface area contributed by atoms with E-state index in [-0.39, 0.29) is 5.75 Å². The number of aryl methyl sites for hydroxylation is 2. The predicted octanol–water partition coefficient (Wildman–Crippen LogP) is 3.30. The fraction of sp³-hybridized carbons (Fsp3) is 0.533. The first-order chi connectivity index (χ1) is 8.47. The first-order valence-corrected chi connectivity index (χ1v) is 6.51. The zero-order valence-electron chi connectivity index (χ0n) is 11.0. The van der Waals surface area contributed by atoms with Crippen molar-refractivity contribution in [3.8, 4) is 5.75 Å². The van der Waals surface area contributed by atoms with Gasteiger partial charge in [-0.3, -0.25) is 4.79 Å². The van der Waals surface area contributed by atoms with E-state index in [4.69, 9.17) is 0 Å². The Kier molecular flexibility index (Phi) is 3.33. The molecule has 0 atom stereocenters. The van der Waals surface area contributed by atoms with Crippen LogP contribution in [-0.2, 0) is 10.2 Å². The maximum absolute atomic E-state index is 11.8. The number of hydrogen-bond acceptors (Lipinski definition) is 2. The van der Waals surface area contributed by atoms with Crippen molar-refractivity contribution in [1.82, 2.24) is 0 Å². The van der Waals surface area contributed by atoms with Crippen LogP contribution < -0.4 is 0 Å². The van der Waals surface area contributed by atoms with E-state index < -0.39 is 11.4 Å². The van der Waals surface area contributed by atoms with Crippen LogP contribution in [0.1, 0.15) is 48.8 Å². The minimum absolute atomic E-state index is 0.136. The fourth-order valence-electron chi connectivity index (χ4n) is 3.29. The van der Waals surface area contributed by atoms with E-state index in [1.807, 2.05) is 19.9 Å².